The maximum absolute atomic E-state index is 12.5. The first kappa shape index (κ1) is 15.3. The van der Waals surface area contributed by atoms with Crippen molar-refractivity contribution in [1.82, 2.24) is 4.90 Å². The molecular formula is C15H21N3O3. The van der Waals surface area contributed by atoms with Crippen LogP contribution >= 0.6 is 0 Å². The molecule has 1 aromatic rings. The first-order valence-electron chi connectivity index (χ1n) is 7.28. The number of nitro benzene ring substituents is 1. The molecule has 0 aliphatic carbocycles. The van der Waals surface area contributed by atoms with Crippen LogP contribution in [0.3, 0.4) is 0 Å². The van der Waals surface area contributed by atoms with Gasteiger partial charge < -0.3 is 10.2 Å². The molecule has 1 aliphatic heterocycles. The number of nitrogens with one attached hydrogen (secondary N) is 1. The van der Waals surface area contributed by atoms with Gasteiger partial charge in [0.2, 0.25) is 0 Å². The van der Waals surface area contributed by atoms with E-state index in [4.69, 9.17) is 0 Å². The summed E-state index contributed by atoms with van der Waals surface area (Å²) in [5, 5.41) is 13.8. The van der Waals surface area contributed by atoms with Gasteiger partial charge in [0.15, 0.2) is 0 Å². The van der Waals surface area contributed by atoms with Crippen LogP contribution in [-0.2, 0) is 0 Å². The number of anilines is 1. The van der Waals surface area contributed by atoms with Crippen molar-refractivity contribution in [3.05, 3.63) is 33.9 Å². The molecule has 6 heteroatoms. The van der Waals surface area contributed by atoms with Crippen molar-refractivity contribution in [3.8, 4) is 0 Å². The molecule has 0 saturated carbocycles. The average Bonchev–Trinajstić information content (AvgIpc) is 2.70. The summed E-state index contributed by atoms with van der Waals surface area (Å²) in [6.07, 6.45) is 3.11. The number of hydrogen-bond acceptors (Lipinski definition) is 4. The molecule has 1 atom stereocenters. The van der Waals surface area contributed by atoms with E-state index in [0.717, 1.165) is 32.4 Å². The minimum absolute atomic E-state index is 0.0634. The van der Waals surface area contributed by atoms with Crippen LogP contribution in [0.5, 0.6) is 0 Å². The summed E-state index contributed by atoms with van der Waals surface area (Å²) in [4.78, 5) is 24.9. The Morgan fingerprint density at radius 3 is 2.81 bits per heavy atom. The van der Waals surface area contributed by atoms with E-state index < -0.39 is 4.92 Å². The minimum Gasteiger partial charge on any atom is -0.383 e. The lowest BCUT2D eigenvalue weighted by Crippen LogP contribution is -2.32. The first-order chi connectivity index (χ1) is 10.0. The van der Waals surface area contributed by atoms with Gasteiger partial charge >= 0.3 is 0 Å². The Labute approximate surface area is 124 Å². The van der Waals surface area contributed by atoms with Crippen LogP contribution < -0.4 is 5.32 Å². The van der Waals surface area contributed by atoms with Crippen LogP contribution in [0, 0.1) is 16.0 Å². The van der Waals surface area contributed by atoms with Crippen molar-refractivity contribution >= 4 is 17.3 Å². The molecule has 1 N–H and O–H groups in total. The molecule has 2 rings (SSSR count). The van der Waals surface area contributed by atoms with Gasteiger partial charge in [-0.05, 0) is 37.3 Å². The second kappa shape index (κ2) is 6.56. The van der Waals surface area contributed by atoms with Crippen LogP contribution in [0.4, 0.5) is 11.4 Å². The Bertz CT molecular complexity index is 545. The van der Waals surface area contributed by atoms with Gasteiger partial charge in [-0.3, -0.25) is 14.9 Å². The lowest BCUT2D eigenvalue weighted by atomic mass is 10.0. The quantitative estimate of drug-likeness (QED) is 0.686. The number of nitrogens with zero attached hydrogens (tertiary/aromatic N) is 2. The van der Waals surface area contributed by atoms with Crippen LogP contribution in [-0.4, -0.2) is 35.9 Å². The fourth-order valence-electron chi connectivity index (χ4n) is 2.68. The van der Waals surface area contributed by atoms with Gasteiger partial charge in [0, 0.05) is 31.8 Å². The highest BCUT2D eigenvalue weighted by Gasteiger charge is 2.22. The molecule has 1 amide bonds. The fraction of sp³-hybridized carbons (Fsp3) is 0.533. The molecule has 0 aromatic heterocycles. The van der Waals surface area contributed by atoms with Crippen molar-refractivity contribution < 1.29 is 9.72 Å². The molecule has 114 valence electrons. The van der Waals surface area contributed by atoms with Crippen molar-refractivity contribution in [2.24, 2.45) is 5.92 Å². The number of nitro groups is 1. The molecule has 1 unspecified atom stereocenters. The predicted octanol–water partition coefficient (Wildman–Crippen LogP) is 2.90. The van der Waals surface area contributed by atoms with Crippen molar-refractivity contribution in [2.45, 2.75) is 26.2 Å². The van der Waals surface area contributed by atoms with E-state index >= 15 is 0 Å². The minimum atomic E-state index is -0.465. The second-order valence-corrected chi connectivity index (χ2v) is 5.57. The Hall–Kier alpha value is -2.11. The molecule has 6 nitrogen and oxygen atoms in total. The second-order valence-electron chi connectivity index (χ2n) is 5.57. The maximum atomic E-state index is 12.5. The summed E-state index contributed by atoms with van der Waals surface area (Å²) in [5.74, 6) is 0.513. The third kappa shape index (κ3) is 3.51. The van der Waals surface area contributed by atoms with Crippen molar-refractivity contribution in [3.63, 3.8) is 0 Å². The van der Waals surface area contributed by atoms with E-state index in [1.54, 1.807) is 19.2 Å². The molecule has 1 aromatic carbocycles. The normalized spacial score (nSPS) is 19.0. The molecular weight excluding hydrogens is 270 g/mol. The van der Waals surface area contributed by atoms with Gasteiger partial charge in [0.05, 0.1) is 4.92 Å². The number of carbonyl (C=O) groups is 1. The smallest absolute Gasteiger partial charge is 0.293 e. The van der Waals surface area contributed by atoms with Gasteiger partial charge in [0.25, 0.3) is 11.6 Å². The lowest BCUT2D eigenvalue weighted by molar-refractivity contribution is -0.384. The number of hydrogen-bond donors (Lipinski definition) is 1. The van der Waals surface area contributed by atoms with E-state index in [9.17, 15) is 14.9 Å². The van der Waals surface area contributed by atoms with E-state index in [1.807, 2.05) is 4.90 Å². The summed E-state index contributed by atoms with van der Waals surface area (Å²) in [5.41, 5.74) is 0.739. The third-order valence-corrected chi connectivity index (χ3v) is 4.01. The molecule has 0 spiro atoms. The fourth-order valence-corrected chi connectivity index (χ4v) is 2.68. The Morgan fingerprint density at radius 2 is 2.14 bits per heavy atom. The zero-order chi connectivity index (χ0) is 15.4. The number of benzene rings is 1. The number of carbonyl (C=O) groups excluding carboxylic acids is 1. The zero-order valence-electron chi connectivity index (χ0n) is 12.5. The monoisotopic (exact) mass is 291 g/mol. The highest BCUT2D eigenvalue weighted by atomic mass is 16.6. The van der Waals surface area contributed by atoms with E-state index in [0.29, 0.717) is 17.2 Å². The Morgan fingerprint density at radius 1 is 1.38 bits per heavy atom. The molecule has 1 aliphatic rings. The summed E-state index contributed by atoms with van der Waals surface area (Å²) in [6.45, 7) is 3.65. The third-order valence-electron chi connectivity index (χ3n) is 4.01. The SMILES string of the molecule is CNc1ccc(C(=O)N2CCCC(C)CC2)cc1[N+](=O)[O-]. The maximum Gasteiger partial charge on any atom is 0.293 e. The largest absolute Gasteiger partial charge is 0.383 e. The summed E-state index contributed by atoms with van der Waals surface area (Å²) < 4.78 is 0. The average molecular weight is 291 g/mol. The number of likely N-dealkylation sites (tertiary alicyclic amines) is 1. The lowest BCUT2D eigenvalue weighted by Gasteiger charge is -2.20. The highest BCUT2D eigenvalue weighted by Crippen LogP contribution is 2.26. The van der Waals surface area contributed by atoms with Crippen molar-refractivity contribution in [2.75, 3.05) is 25.5 Å². The van der Waals surface area contributed by atoms with Crippen LogP contribution in [0.2, 0.25) is 0 Å². The molecule has 0 bridgehead atoms. The van der Waals surface area contributed by atoms with E-state index in [2.05, 4.69) is 12.2 Å². The Kier molecular flexibility index (Phi) is 4.77. The highest BCUT2D eigenvalue weighted by molar-refractivity contribution is 5.95. The van der Waals surface area contributed by atoms with E-state index in [-0.39, 0.29) is 11.6 Å². The summed E-state index contributed by atoms with van der Waals surface area (Å²) in [6, 6.07) is 4.60. The molecule has 0 radical (unpaired) electrons. The molecule has 1 heterocycles. The van der Waals surface area contributed by atoms with Crippen molar-refractivity contribution in [1.29, 1.82) is 0 Å². The van der Waals surface area contributed by atoms with Gasteiger partial charge in [-0.2, -0.15) is 0 Å². The van der Waals surface area contributed by atoms with E-state index in [1.165, 1.54) is 6.07 Å². The van der Waals surface area contributed by atoms with Crippen LogP contribution in [0.25, 0.3) is 0 Å². The number of rotatable bonds is 3. The topological polar surface area (TPSA) is 75.5 Å². The van der Waals surface area contributed by atoms with Crippen LogP contribution in [0.15, 0.2) is 18.2 Å². The summed E-state index contributed by atoms with van der Waals surface area (Å²) >= 11 is 0. The van der Waals surface area contributed by atoms with Gasteiger partial charge in [-0.25, -0.2) is 0 Å². The summed E-state index contributed by atoms with van der Waals surface area (Å²) in [7, 11) is 1.63. The first-order valence-corrected chi connectivity index (χ1v) is 7.28. The standard InChI is InChI=1S/C15H21N3O3/c1-11-4-3-8-17(9-7-11)15(19)12-5-6-13(16-2)14(10-12)18(20)21/h5-6,10-11,16H,3-4,7-9H2,1-2H3. The number of amides is 1. The van der Waals surface area contributed by atoms with Crippen LogP contribution in [0.1, 0.15) is 36.5 Å². The molecule has 1 fully saturated rings. The zero-order valence-corrected chi connectivity index (χ0v) is 12.5. The van der Waals surface area contributed by atoms with Gasteiger partial charge in [-0.15, -0.1) is 0 Å². The molecule has 21 heavy (non-hydrogen) atoms. The Balaban J connectivity index is 2.22. The van der Waals surface area contributed by atoms with Gasteiger partial charge in [0.1, 0.15) is 5.69 Å². The predicted molar refractivity (Wildman–Crippen MR) is 81.6 cm³/mol. The van der Waals surface area contributed by atoms with Gasteiger partial charge in [-0.1, -0.05) is 6.92 Å². The molecule has 1 saturated heterocycles.